The molecule has 1 atom stereocenters. The number of hydrogen-bond acceptors (Lipinski definition) is 5. The Labute approximate surface area is 171 Å². The van der Waals surface area contributed by atoms with E-state index in [1.165, 1.54) is 0 Å². The number of benzene rings is 2. The molecule has 0 aromatic heterocycles. The summed E-state index contributed by atoms with van der Waals surface area (Å²) in [7, 11) is 0. The second-order valence-corrected chi connectivity index (χ2v) is 7.23. The lowest BCUT2D eigenvalue weighted by Gasteiger charge is -2.21. The highest BCUT2D eigenvalue weighted by Gasteiger charge is 2.25. The quantitative estimate of drug-likeness (QED) is 0.474. The molecule has 0 aliphatic carbocycles. The molecule has 0 radical (unpaired) electrons. The van der Waals surface area contributed by atoms with Gasteiger partial charge in [0.25, 0.3) is 5.91 Å². The Balaban J connectivity index is 1.60. The number of hydrogen-bond donors (Lipinski definition) is 3. The lowest BCUT2D eigenvalue weighted by molar-refractivity contribution is -0.128. The molecular formula is C20H20BrN5O2. The first kappa shape index (κ1) is 19.8. The molecule has 1 aliphatic heterocycles. The summed E-state index contributed by atoms with van der Waals surface area (Å²) in [4.78, 5) is 28.6. The highest BCUT2D eigenvalue weighted by molar-refractivity contribution is 9.10. The number of nitrogens with one attached hydrogen (secondary N) is 3. The summed E-state index contributed by atoms with van der Waals surface area (Å²) in [5.74, 6) is -0.111. The zero-order valence-corrected chi connectivity index (χ0v) is 16.9. The monoisotopic (exact) mass is 441 g/mol. The third-order valence-electron chi connectivity index (χ3n) is 4.15. The summed E-state index contributed by atoms with van der Waals surface area (Å²) in [6.45, 7) is 1.80. The molecule has 0 saturated heterocycles. The molecule has 7 nitrogen and oxygen atoms in total. The molecule has 0 fully saturated rings. The number of nitrogens with zero attached hydrogens (tertiary/aromatic N) is 2. The van der Waals surface area contributed by atoms with Crippen LogP contribution >= 0.6 is 15.9 Å². The smallest absolute Gasteiger partial charge is 0.263 e. The van der Waals surface area contributed by atoms with Crippen LogP contribution in [0.1, 0.15) is 24.5 Å². The van der Waals surface area contributed by atoms with Crippen LogP contribution in [0, 0.1) is 0 Å². The molecule has 0 saturated carbocycles. The van der Waals surface area contributed by atoms with Gasteiger partial charge in [-0.2, -0.15) is 5.10 Å². The van der Waals surface area contributed by atoms with E-state index in [4.69, 9.17) is 0 Å². The second kappa shape index (κ2) is 9.27. The summed E-state index contributed by atoms with van der Waals surface area (Å²) in [6, 6.07) is 16.6. The zero-order chi connectivity index (χ0) is 19.9. The normalized spacial score (nSPS) is 16.6. The highest BCUT2D eigenvalue weighted by atomic mass is 79.9. The van der Waals surface area contributed by atoms with Gasteiger partial charge in [-0.1, -0.05) is 58.4 Å². The first-order valence-electron chi connectivity index (χ1n) is 8.77. The average Bonchev–Trinajstić information content (AvgIpc) is 2.70. The number of carbonyl (C=O) groups is 2. The van der Waals surface area contributed by atoms with Crippen molar-refractivity contribution in [3.63, 3.8) is 0 Å². The third kappa shape index (κ3) is 5.50. The van der Waals surface area contributed by atoms with Gasteiger partial charge in [-0.15, -0.1) is 0 Å². The highest BCUT2D eigenvalue weighted by Crippen LogP contribution is 2.11. The fourth-order valence-corrected chi connectivity index (χ4v) is 2.90. The van der Waals surface area contributed by atoms with Gasteiger partial charge >= 0.3 is 0 Å². The molecule has 1 aliphatic rings. The molecule has 2 aromatic carbocycles. The average molecular weight is 442 g/mol. The summed E-state index contributed by atoms with van der Waals surface area (Å²) >= 11 is 3.38. The maximum atomic E-state index is 12.2. The molecule has 0 spiro atoms. The van der Waals surface area contributed by atoms with Crippen molar-refractivity contribution in [2.75, 3.05) is 0 Å². The van der Waals surface area contributed by atoms with Crippen LogP contribution in [0.15, 0.2) is 69.2 Å². The number of rotatable bonds is 6. The maximum Gasteiger partial charge on any atom is 0.263 e. The Hall–Kier alpha value is -3.00. The molecule has 3 N–H and O–H groups in total. The Bertz CT molecular complexity index is 910. The predicted molar refractivity (Wildman–Crippen MR) is 112 cm³/mol. The summed E-state index contributed by atoms with van der Waals surface area (Å²) in [6.07, 6.45) is 0.461. The van der Waals surface area contributed by atoms with E-state index < -0.39 is 6.04 Å². The molecule has 2 amide bonds. The van der Waals surface area contributed by atoms with Gasteiger partial charge in [0.15, 0.2) is 0 Å². The number of amides is 2. The van der Waals surface area contributed by atoms with E-state index in [0.29, 0.717) is 18.0 Å². The minimum Gasteiger partial charge on any atom is -0.285 e. The van der Waals surface area contributed by atoms with E-state index in [9.17, 15) is 9.59 Å². The van der Waals surface area contributed by atoms with Crippen LogP contribution in [0.2, 0.25) is 0 Å². The number of halogens is 1. The van der Waals surface area contributed by atoms with E-state index in [-0.39, 0.29) is 18.2 Å². The van der Waals surface area contributed by atoms with Crippen LogP contribution in [0.4, 0.5) is 0 Å². The Morgan fingerprint density at radius 2 is 1.86 bits per heavy atom. The van der Waals surface area contributed by atoms with Crippen molar-refractivity contribution in [1.29, 1.82) is 0 Å². The topological polar surface area (TPSA) is 94.9 Å². The van der Waals surface area contributed by atoms with Gasteiger partial charge in [0.2, 0.25) is 5.91 Å². The fraction of sp³-hybridized carbons (Fsp3) is 0.200. The van der Waals surface area contributed by atoms with Gasteiger partial charge in [-0.05, 0) is 30.2 Å². The number of hydrazone groups is 1. The van der Waals surface area contributed by atoms with Crippen LogP contribution < -0.4 is 16.3 Å². The molecule has 0 bridgehead atoms. The minimum absolute atomic E-state index is 0.0804. The van der Waals surface area contributed by atoms with Crippen molar-refractivity contribution >= 4 is 39.3 Å². The minimum atomic E-state index is -0.789. The van der Waals surface area contributed by atoms with Crippen LogP contribution in [-0.2, 0) is 16.0 Å². The fourth-order valence-electron chi connectivity index (χ4n) is 2.64. The van der Waals surface area contributed by atoms with E-state index in [1.54, 1.807) is 6.92 Å². The van der Waals surface area contributed by atoms with Gasteiger partial charge in [-0.3, -0.25) is 25.4 Å². The van der Waals surface area contributed by atoms with Gasteiger partial charge in [-0.25, -0.2) is 5.43 Å². The molecule has 2 aromatic rings. The van der Waals surface area contributed by atoms with E-state index >= 15 is 0 Å². The van der Waals surface area contributed by atoms with Crippen molar-refractivity contribution in [3.05, 3.63) is 70.2 Å². The standard InChI is InChI=1S/C20H20BrN5O2/c1-13(15-7-9-16(21)10-8-15)23-25-19(27)12-17-20(28)26-24-18(22-17)11-14-5-3-2-4-6-14/h2-10,17H,11-12H2,1H3,(H,22,24)(H,25,27)(H,26,28)/b23-13+. The number of amidine groups is 1. The van der Waals surface area contributed by atoms with Crippen LogP contribution in [0.5, 0.6) is 0 Å². The van der Waals surface area contributed by atoms with Crippen molar-refractivity contribution in [3.8, 4) is 0 Å². The number of carbonyl (C=O) groups excluding carboxylic acids is 2. The summed E-state index contributed by atoms with van der Waals surface area (Å²) in [5.41, 5.74) is 10.5. The molecule has 144 valence electrons. The van der Waals surface area contributed by atoms with E-state index in [0.717, 1.165) is 15.6 Å². The molecule has 1 heterocycles. The van der Waals surface area contributed by atoms with Crippen molar-refractivity contribution in [2.24, 2.45) is 10.1 Å². The Morgan fingerprint density at radius 3 is 2.57 bits per heavy atom. The first-order chi connectivity index (χ1) is 13.5. The zero-order valence-electron chi connectivity index (χ0n) is 15.3. The molecular weight excluding hydrogens is 422 g/mol. The second-order valence-electron chi connectivity index (χ2n) is 6.31. The van der Waals surface area contributed by atoms with Gasteiger partial charge < -0.3 is 0 Å². The van der Waals surface area contributed by atoms with Crippen LogP contribution in [0.25, 0.3) is 0 Å². The van der Waals surface area contributed by atoms with Gasteiger partial charge in [0.1, 0.15) is 11.9 Å². The van der Waals surface area contributed by atoms with Crippen molar-refractivity contribution in [1.82, 2.24) is 16.3 Å². The van der Waals surface area contributed by atoms with Crippen molar-refractivity contribution < 1.29 is 9.59 Å². The summed E-state index contributed by atoms with van der Waals surface area (Å²) in [5, 5.41) is 4.11. The van der Waals surface area contributed by atoms with Gasteiger partial charge in [0, 0.05) is 10.9 Å². The van der Waals surface area contributed by atoms with Gasteiger partial charge in [0.05, 0.1) is 12.1 Å². The molecule has 3 rings (SSSR count). The van der Waals surface area contributed by atoms with E-state index in [1.807, 2.05) is 54.6 Å². The molecule has 1 unspecified atom stereocenters. The van der Waals surface area contributed by atoms with Crippen molar-refractivity contribution in [2.45, 2.75) is 25.8 Å². The van der Waals surface area contributed by atoms with Crippen LogP contribution in [0.3, 0.4) is 0 Å². The third-order valence-corrected chi connectivity index (χ3v) is 4.68. The lowest BCUT2D eigenvalue weighted by atomic mass is 10.1. The Kier molecular flexibility index (Phi) is 6.54. The SMILES string of the molecule is C/C(=N\NC(=O)CC1N=C(Cc2ccccc2)NNC1=O)c1ccc(Br)cc1. The van der Waals surface area contributed by atoms with E-state index in [2.05, 4.69) is 42.3 Å². The Morgan fingerprint density at radius 1 is 1.14 bits per heavy atom. The number of hydrazine groups is 1. The lowest BCUT2D eigenvalue weighted by Crippen LogP contribution is -2.52. The first-order valence-corrected chi connectivity index (χ1v) is 9.56. The predicted octanol–water partition coefficient (Wildman–Crippen LogP) is 2.32. The summed E-state index contributed by atoms with van der Waals surface area (Å²) < 4.78 is 0.967. The largest absolute Gasteiger partial charge is 0.285 e. The maximum absolute atomic E-state index is 12.2. The van der Waals surface area contributed by atoms with Crippen LogP contribution in [-0.4, -0.2) is 29.4 Å². The number of aliphatic imine (C=N–C) groups is 1. The molecule has 8 heteroatoms. The molecule has 28 heavy (non-hydrogen) atoms.